The van der Waals surface area contributed by atoms with Crippen LogP contribution in [0, 0.1) is 0 Å². The third-order valence-corrected chi connectivity index (χ3v) is 4.57. The van der Waals surface area contributed by atoms with Crippen molar-refractivity contribution in [3.05, 3.63) is 90.3 Å². The summed E-state index contributed by atoms with van der Waals surface area (Å²) in [7, 11) is 1.56. The number of anilines is 1. The number of aromatic nitrogens is 1. The molecule has 3 amide bonds. The monoisotopic (exact) mass is 432 g/mol. The summed E-state index contributed by atoms with van der Waals surface area (Å²) in [5, 5.41) is 5.25. The van der Waals surface area contributed by atoms with Gasteiger partial charge in [0.15, 0.2) is 0 Å². The quantitative estimate of drug-likeness (QED) is 0.541. The highest BCUT2D eigenvalue weighted by molar-refractivity contribution is 5.97. The fraction of sp³-hybridized carbons (Fsp3) is 0.167. The number of hydrogen-bond donors (Lipinski definition) is 2. The first kappa shape index (κ1) is 22.5. The number of carbonyl (C=O) groups excluding carboxylic acids is 3. The maximum absolute atomic E-state index is 12.9. The molecule has 164 valence electrons. The molecule has 0 aliphatic carbocycles. The van der Waals surface area contributed by atoms with Crippen LogP contribution in [0.2, 0.25) is 0 Å². The van der Waals surface area contributed by atoms with Gasteiger partial charge in [-0.25, -0.2) is 0 Å². The maximum atomic E-state index is 12.9. The first-order valence-electron chi connectivity index (χ1n) is 9.99. The number of methoxy groups -OCH3 is 1. The summed E-state index contributed by atoms with van der Waals surface area (Å²) >= 11 is 0. The van der Waals surface area contributed by atoms with E-state index < -0.39 is 5.91 Å². The summed E-state index contributed by atoms with van der Waals surface area (Å²) in [5.41, 5.74) is 1.85. The van der Waals surface area contributed by atoms with Crippen LogP contribution in [0.4, 0.5) is 5.69 Å². The van der Waals surface area contributed by atoms with Gasteiger partial charge in [0.05, 0.1) is 19.2 Å². The predicted molar refractivity (Wildman–Crippen MR) is 120 cm³/mol. The molecule has 2 aromatic carbocycles. The lowest BCUT2D eigenvalue weighted by Crippen LogP contribution is -2.42. The van der Waals surface area contributed by atoms with E-state index in [0.717, 1.165) is 5.56 Å². The fourth-order valence-corrected chi connectivity index (χ4v) is 2.96. The molecule has 8 heteroatoms. The van der Waals surface area contributed by atoms with Crippen molar-refractivity contribution in [1.82, 2.24) is 15.2 Å². The Morgan fingerprint density at radius 3 is 2.34 bits per heavy atom. The van der Waals surface area contributed by atoms with Gasteiger partial charge in [0, 0.05) is 24.6 Å². The SMILES string of the molecule is COc1ccc(NC(=O)CNC(=O)CN(Cc2ccccc2)C(=O)c2cccnc2)cc1. The lowest BCUT2D eigenvalue weighted by atomic mass is 10.2. The van der Waals surface area contributed by atoms with Gasteiger partial charge in [-0.05, 0) is 42.0 Å². The first-order valence-corrected chi connectivity index (χ1v) is 9.99. The highest BCUT2D eigenvalue weighted by atomic mass is 16.5. The molecule has 3 aromatic rings. The molecule has 0 radical (unpaired) electrons. The van der Waals surface area contributed by atoms with Crippen LogP contribution in [0.3, 0.4) is 0 Å². The minimum absolute atomic E-state index is 0.196. The van der Waals surface area contributed by atoms with Crippen molar-refractivity contribution in [3.8, 4) is 5.75 Å². The molecule has 0 aliphatic heterocycles. The molecule has 2 N–H and O–H groups in total. The average Bonchev–Trinajstić information content (AvgIpc) is 2.83. The number of rotatable bonds is 9. The largest absolute Gasteiger partial charge is 0.497 e. The van der Waals surface area contributed by atoms with Crippen molar-refractivity contribution in [2.24, 2.45) is 0 Å². The zero-order valence-corrected chi connectivity index (χ0v) is 17.7. The Labute approximate surface area is 186 Å². The van der Waals surface area contributed by atoms with Gasteiger partial charge >= 0.3 is 0 Å². The van der Waals surface area contributed by atoms with E-state index in [1.807, 2.05) is 30.3 Å². The van der Waals surface area contributed by atoms with Gasteiger partial charge in [-0.2, -0.15) is 0 Å². The predicted octanol–water partition coefficient (Wildman–Crippen LogP) is 2.49. The molecule has 0 bridgehead atoms. The Morgan fingerprint density at radius 2 is 1.69 bits per heavy atom. The Kier molecular flexibility index (Phi) is 7.91. The summed E-state index contributed by atoms with van der Waals surface area (Å²) in [6.07, 6.45) is 3.03. The van der Waals surface area contributed by atoms with E-state index in [-0.39, 0.29) is 31.4 Å². The van der Waals surface area contributed by atoms with E-state index in [2.05, 4.69) is 15.6 Å². The Hall–Kier alpha value is -4.20. The van der Waals surface area contributed by atoms with E-state index in [1.165, 1.54) is 11.1 Å². The standard InChI is InChI=1S/C24H24N4O4/c1-32-21-11-9-20(10-12-21)27-22(29)15-26-23(30)17-28(16-18-6-3-2-4-7-18)24(31)19-8-5-13-25-14-19/h2-14H,15-17H2,1H3,(H,26,30)(H,27,29). The van der Waals surface area contributed by atoms with Crippen LogP contribution < -0.4 is 15.4 Å². The van der Waals surface area contributed by atoms with Crippen molar-refractivity contribution >= 4 is 23.4 Å². The van der Waals surface area contributed by atoms with Crippen LogP contribution in [0.5, 0.6) is 5.75 Å². The Bertz CT molecular complexity index is 1040. The van der Waals surface area contributed by atoms with Gasteiger partial charge in [0.25, 0.3) is 5.91 Å². The lowest BCUT2D eigenvalue weighted by molar-refractivity contribution is -0.124. The van der Waals surface area contributed by atoms with Gasteiger partial charge < -0.3 is 20.3 Å². The van der Waals surface area contributed by atoms with Gasteiger partial charge in [-0.3, -0.25) is 19.4 Å². The number of pyridine rings is 1. The Morgan fingerprint density at radius 1 is 0.938 bits per heavy atom. The number of benzene rings is 2. The van der Waals surface area contributed by atoms with E-state index in [9.17, 15) is 14.4 Å². The second-order valence-corrected chi connectivity index (χ2v) is 6.94. The number of amides is 3. The third kappa shape index (κ3) is 6.66. The van der Waals surface area contributed by atoms with Crippen molar-refractivity contribution < 1.29 is 19.1 Å². The van der Waals surface area contributed by atoms with Crippen LogP contribution in [-0.4, -0.2) is 47.8 Å². The highest BCUT2D eigenvalue weighted by Crippen LogP contribution is 2.14. The van der Waals surface area contributed by atoms with E-state index in [4.69, 9.17) is 4.74 Å². The summed E-state index contributed by atoms with van der Waals surface area (Å²) in [4.78, 5) is 43.0. The van der Waals surface area contributed by atoms with Crippen LogP contribution in [0.1, 0.15) is 15.9 Å². The van der Waals surface area contributed by atoms with Gasteiger partial charge in [-0.1, -0.05) is 30.3 Å². The maximum Gasteiger partial charge on any atom is 0.256 e. The third-order valence-electron chi connectivity index (χ3n) is 4.57. The second-order valence-electron chi connectivity index (χ2n) is 6.94. The molecule has 0 unspecified atom stereocenters. The van der Waals surface area contributed by atoms with Gasteiger partial charge in [0.2, 0.25) is 11.8 Å². The van der Waals surface area contributed by atoms with Crippen LogP contribution in [-0.2, 0) is 16.1 Å². The molecule has 0 aliphatic rings. The smallest absolute Gasteiger partial charge is 0.256 e. The topological polar surface area (TPSA) is 101 Å². The highest BCUT2D eigenvalue weighted by Gasteiger charge is 2.20. The summed E-state index contributed by atoms with van der Waals surface area (Å²) in [5.74, 6) is -0.465. The molecule has 0 atom stereocenters. The number of hydrogen-bond acceptors (Lipinski definition) is 5. The number of ether oxygens (including phenoxy) is 1. The summed E-state index contributed by atoms with van der Waals surface area (Å²) in [6, 6.07) is 19.5. The summed E-state index contributed by atoms with van der Waals surface area (Å²) < 4.78 is 5.08. The molecule has 0 spiro atoms. The zero-order chi connectivity index (χ0) is 22.8. The molecular weight excluding hydrogens is 408 g/mol. The molecular formula is C24H24N4O4. The minimum Gasteiger partial charge on any atom is -0.497 e. The summed E-state index contributed by atoms with van der Waals surface area (Å²) in [6.45, 7) is -0.163. The lowest BCUT2D eigenvalue weighted by Gasteiger charge is -2.22. The molecule has 1 heterocycles. The normalized spacial score (nSPS) is 10.2. The first-order chi connectivity index (χ1) is 15.5. The van der Waals surface area contributed by atoms with Crippen molar-refractivity contribution in [2.45, 2.75) is 6.54 Å². The minimum atomic E-state index is -0.442. The van der Waals surface area contributed by atoms with Crippen LogP contribution in [0.15, 0.2) is 79.1 Å². The number of nitrogens with one attached hydrogen (secondary N) is 2. The molecule has 3 rings (SSSR count). The van der Waals surface area contributed by atoms with E-state index in [0.29, 0.717) is 17.0 Å². The average molecular weight is 432 g/mol. The second kappa shape index (κ2) is 11.3. The van der Waals surface area contributed by atoms with E-state index >= 15 is 0 Å². The van der Waals surface area contributed by atoms with Gasteiger partial charge in [0.1, 0.15) is 12.3 Å². The van der Waals surface area contributed by atoms with Crippen molar-refractivity contribution in [1.29, 1.82) is 0 Å². The van der Waals surface area contributed by atoms with Crippen molar-refractivity contribution in [2.75, 3.05) is 25.5 Å². The fourth-order valence-electron chi connectivity index (χ4n) is 2.96. The Balaban J connectivity index is 1.58. The van der Waals surface area contributed by atoms with Gasteiger partial charge in [-0.15, -0.1) is 0 Å². The molecule has 32 heavy (non-hydrogen) atoms. The molecule has 0 saturated carbocycles. The van der Waals surface area contributed by atoms with Crippen LogP contribution >= 0.6 is 0 Å². The molecule has 1 aromatic heterocycles. The molecule has 8 nitrogen and oxygen atoms in total. The van der Waals surface area contributed by atoms with Crippen LogP contribution in [0.25, 0.3) is 0 Å². The number of nitrogens with zero attached hydrogens (tertiary/aromatic N) is 2. The van der Waals surface area contributed by atoms with E-state index in [1.54, 1.807) is 49.7 Å². The molecule has 0 saturated heterocycles. The van der Waals surface area contributed by atoms with Crippen molar-refractivity contribution in [3.63, 3.8) is 0 Å². The number of carbonyl (C=O) groups is 3. The zero-order valence-electron chi connectivity index (χ0n) is 17.7. The molecule has 0 fully saturated rings.